The van der Waals surface area contributed by atoms with Crippen LogP contribution in [0.1, 0.15) is 27.5 Å². The first-order valence-electron chi connectivity index (χ1n) is 10.3. The minimum atomic E-state index is -0.300. The Morgan fingerprint density at radius 3 is 2.36 bits per heavy atom. The maximum Gasteiger partial charge on any atom is 0.252 e. The molecule has 2 aromatic heterocycles. The standard InChI is InChI=1S/C25H23N5O3/c1-33-17-23(31)28-21-15-27-30(16-21)22-9-7-20(8-10-22)25(32)29-24(18-5-3-2-4-6-18)19-11-13-26-14-12-19/h2-16,24H,17H2,1H3,(H,28,31)(H,29,32). The molecule has 0 bridgehead atoms. The number of ether oxygens (including phenoxy) is 1. The van der Waals surface area contributed by atoms with Crippen LogP contribution < -0.4 is 10.6 Å². The van der Waals surface area contributed by atoms with Crippen molar-refractivity contribution in [3.05, 3.63) is 108 Å². The van der Waals surface area contributed by atoms with Crippen LogP contribution in [0.5, 0.6) is 0 Å². The summed E-state index contributed by atoms with van der Waals surface area (Å²) in [6, 6.07) is 20.4. The lowest BCUT2D eigenvalue weighted by atomic mass is 9.99. The van der Waals surface area contributed by atoms with Crippen molar-refractivity contribution < 1.29 is 14.3 Å². The van der Waals surface area contributed by atoms with Crippen LogP contribution in [0, 0.1) is 0 Å². The van der Waals surface area contributed by atoms with Crippen molar-refractivity contribution in [2.45, 2.75) is 6.04 Å². The second kappa shape index (κ2) is 10.3. The number of carbonyl (C=O) groups excluding carboxylic acids is 2. The highest BCUT2D eigenvalue weighted by Crippen LogP contribution is 2.22. The van der Waals surface area contributed by atoms with E-state index in [0.717, 1.165) is 16.8 Å². The fourth-order valence-corrected chi connectivity index (χ4v) is 3.40. The Labute approximate surface area is 191 Å². The number of benzene rings is 2. The molecular formula is C25H23N5O3. The van der Waals surface area contributed by atoms with E-state index >= 15 is 0 Å². The van der Waals surface area contributed by atoms with E-state index in [-0.39, 0.29) is 24.5 Å². The SMILES string of the molecule is COCC(=O)Nc1cnn(-c2ccc(C(=O)NC(c3ccccc3)c3ccncc3)cc2)c1. The van der Waals surface area contributed by atoms with Crippen molar-refractivity contribution in [2.24, 2.45) is 0 Å². The number of nitrogens with zero attached hydrogens (tertiary/aromatic N) is 3. The van der Waals surface area contributed by atoms with Crippen molar-refractivity contribution in [1.29, 1.82) is 0 Å². The molecule has 0 spiro atoms. The van der Waals surface area contributed by atoms with Gasteiger partial charge in [-0.2, -0.15) is 5.10 Å². The molecule has 0 aliphatic heterocycles. The lowest BCUT2D eigenvalue weighted by Gasteiger charge is -2.20. The zero-order valence-corrected chi connectivity index (χ0v) is 18.0. The predicted octanol–water partition coefficient (Wildman–Crippen LogP) is 3.37. The van der Waals surface area contributed by atoms with E-state index in [1.807, 2.05) is 42.5 Å². The summed E-state index contributed by atoms with van der Waals surface area (Å²) in [5, 5.41) is 10.1. The van der Waals surface area contributed by atoms with Gasteiger partial charge in [-0.1, -0.05) is 30.3 Å². The first-order valence-corrected chi connectivity index (χ1v) is 10.3. The molecule has 0 radical (unpaired) electrons. The second-order valence-corrected chi connectivity index (χ2v) is 7.30. The maximum absolute atomic E-state index is 13.0. The molecule has 8 nitrogen and oxygen atoms in total. The molecule has 4 rings (SSSR count). The summed E-state index contributed by atoms with van der Waals surface area (Å²) in [4.78, 5) is 28.8. The Hall–Kier alpha value is -4.30. The number of aromatic nitrogens is 3. The minimum absolute atomic E-state index is 0.0293. The normalized spacial score (nSPS) is 11.5. The van der Waals surface area contributed by atoms with E-state index in [2.05, 4.69) is 20.7 Å². The quantitative estimate of drug-likeness (QED) is 0.437. The molecule has 2 amide bonds. The average Bonchev–Trinajstić information content (AvgIpc) is 3.32. The minimum Gasteiger partial charge on any atom is -0.375 e. The number of rotatable bonds is 8. The fourth-order valence-electron chi connectivity index (χ4n) is 3.40. The highest BCUT2D eigenvalue weighted by Gasteiger charge is 2.18. The zero-order chi connectivity index (χ0) is 23.0. The van der Waals surface area contributed by atoms with E-state index in [9.17, 15) is 9.59 Å². The van der Waals surface area contributed by atoms with Gasteiger partial charge in [-0.15, -0.1) is 0 Å². The van der Waals surface area contributed by atoms with Crippen LogP contribution in [-0.2, 0) is 9.53 Å². The molecule has 8 heteroatoms. The monoisotopic (exact) mass is 441 g/mol. The molecule has 33 heavy (non-hydrogen) atoms. The van der Waals surface area contributed by atoms with Crippen LogP contribution in [0.25, 0.3) is 5.69 Å². The van der Waals surface area contributed by atoms with Gasteiger partial charge in [-0.05, 0) is 47.5 Å². The van der Waals surface area contributed by atoms with E-state index in [4.69, 9.17) is 4.74 Å². The van der Waals surface area contributed by atoms with Gasteiger partial charge in [0.2, 0.25) is 5.91 Å². The van der Waals surface area contributed by atoms with Gasteiger partial charge in [0.25, 0.3) is 5.91 Å². The number of pyridine rings is 1. The van der Waals surface area contributed by atoms with Crippen LogP contribution in [0.3, 0.4) is 0 Å². The molecule has 4 aromatic rings. The number of carbonyl (C=O) groups is 2. The molecule has 1 atom stereocenters. The Balaban J connectivity index is 1.49. The van der Waals surface area contributed by atoms with E-state index in [1.165, 1.54) is 7.11 Å². The Morgan fingerprint density at radius 2 is 1.67 bits per heavy atom. The Kier molecular flexibility index (Phi) is 6.87. The van der Waals surface area contributed by atoms with Crippen LogP contribution in [0.15, 0.2) is 91.5 Å². The molecule has 1 unspecified atom stereocenters. The van der Waals surface area contributed by atoms with Gasteiger partial charge in [0.15, 0.2) is 0 Å². The highest BCUT2D eigenvalue weighted by molar-refractivity contribution is 5.95. The van der Waals surface area contributed by atoms with Crippen molar-refractivity contribution in [3.8, 4) is 5.69 Å². The average molecular weight is 441 g/mol. The number of hydrogen-bond donors (Lipinski definition) is 2. The number of methoxy groups -OCH3 is 1. The molecule has 2 aromatic carbocycles. The summed E-state index contributed by atoms with van der Waals surface area (Å²) < 4.78 is 6.43. The molecule has 0 aliphatic rings. The summed E-state index contributed by atoms with van der Waals surface area (Å²) in [6.45, 7) is -0.0293. The largest absolute Gasteiger partial charge is 0.375 e. The van der Waals surface area contributed by atoms with Gasteiger partial charge in [-0.3, -0.25) is 14.6 Å². The lowest BCUT2D eigenvalue weighted by Crippen LogP contribution is -2.29. The highest BCUT2D eigenvalue weighted by atomic mass is 16.5. The van der Waals surface area contributed by atoms with Gasteiger partial charge >= 0.3 is 0 Å². The number of nitrogens with one attached hydrogen (secondary N) is 2. The van der Waals surface area contributed by atoms with Crippen molar-refractivity contribution in [3.63, 3.8) is 0 Å². The van der Waals surface area contributed by atoms with Crippen molar-refractivity contribution in [1.82, 2.24) is 20.1 Å². The number of amides is 2. The van der Waals surface area contributed by atoms with Gasteiger partial charge in [0.05, 0.1) is 29.8 Å². The topological polar surface area (TPSA) is 98.1 Å². The summed E-state index contributed by atoms with van der Waals surface area (Å²) in [6.07, 6.45) is 6.66. The zero-order valence-electron chi connectivity index (χ0n) is 18.0. The molecule has 2 N–H and O–H groups in total. The molecule has 2 heterocycles. The third-order valence-electron chi connectivity index (χ3n) is 4.98. The predicted molar refractivity (Wildman–Crippen MR) is 124 cm³/mol. The molecule has 166 valence electrons. The first-order chi connectivity index (χ1) is 16.1. The lowest BCUT2D eigenvalue weighted by molar-refractivity contribution is -0.119. The van der Waals surface area contributed by atoms with Gasteiger partial charge in [0, 0.05) is 25.1 Å². The van der Waals surface area contributed by atoms with Crippen LogP contribution >= 0.6 is 0 Å². The summed E-state index contributed by atoms with van der Waals surface area (Å²) in [5.74, 6) is -0.452. The molecule has 0 aliphatic carbocycles. The van der Waals surface area contributed by atoms with Crippen LogP contribution in [0.2, 0.25) is 0 Å². The molecule has 0 fully saturated rings. The molecular weight excluding hydrogens is 418 g/mol. The van der Waals surface area contributed by atoms with Gasteiger partial charge < -0.3 is 15.4 Å². The van der Waals surface area contributed by atoms with E-state index in [0.29, 0.717) is 11.3 Å². The fraction of sp³-hybridized carbons (Fsp3) is 0.120. The number of anilines is 1. The van der Waals surface area contributed by atoms with Gasteiger partial charge in [0.1, 0.15) is 6.61 Å². The Bertz CT molecular complexity index is 1170. The van der Waals surface area contributed by atoms with Gasteiger partial charge in [-0.25, -0.2) is 4.68 Å². The van der Waals surface area contributed by atoms with E-state index in [1.54, 1.807) is 53.7 Å². The third-order valence-corrected chi connectivity index (χ3v) is 4.98. The van der Waals surface area contributed by atoms with Crippen molar-refractivity contribution in [2.75, 3.05) is 19.0 Å². The third kappa shape index (κ3) is 5.50. The molecule has 0 saturated heterocycles. The number of hydrogen-bond acceptors (Lipinski definition) is 5. The smallest absolute Gasteiger partial charge is 0.252 e. The summed E-state index contributed by atoms with van der Waals surface area (Å²) in [5.41, 5.74) is 3.76. The van der Waals surface area contributed by atoms with Crippen LogP contribution in [0.4, 0.5) is 5.69 Å². The Morgan fingerprint density at radius 1 is 0.970 bits per heavy atom. The summed E-state index contributed by atoms with van der Waals surface area (Å²) in [7, 11) is 1.46. The second-order valence-electron chi connectivity index (χ2n) is 7.30. The van der Waals surface area contributed by atoms with E-state index < -0.39 is 0 Å². The van der Waals surface area contributed by atoms with Crippen LogP contribution in [-0.4, -0.2) is 40.3 Å². The molecule has 0 saturated carbocycles. The summed E-state index contributed by atoms with van der Waals surface area (Å²) >= 11 is 0. The van der Waals surface area contributed by atoms with Crippen molar-refractivity contribution >= 4 is 17.5 Å². The maximum atomic E-state index is 13.0. The first kappa shape index (κ1) is 21.9.